The fraction of sp³-hybridized carbons (Fsp3) is 0.478. The highest BCUT2D eigenvalue weighted by Crippen LogP contribution is 2.37. The van der Waals surface area contributed by atoms with E-state index in [9.17, 15) is 14.6 Å². The molecule has 2 aromatic carbocycles. The molecule has 0 bridgehead atoms. The van der Waals surface area contributed by atoms with Crippen LogP contribution in [0.15, 0.2) is 42.5 Å². The van der Waals surface area contributed by atoms with Crippen LogP contribution in [0.3, 0.4) is 0 Å². The molecule has 2 N–H and O–H groups in total. The Kier molecular flexibility index (Phi) is 9.84. The summed E-state index contributed by atoms with van der Waals surface area (Å²) in [6, 6.07) is 11.4. The molecule has 2 atom stereocenters. The molecule has 1 fully saturated rings. The number of aliphatic hydroxyl groups is 2. The normalized spacial score (nSPS) is 16.8. The van der Waals surface area contributed by atoms with Crippen LogP contribution in [0.5, 0.6) is 17.2 Å². The zero-order valence-corrected chi connectivity index (χ0v) is 18.7. The van der Waals surface area contributed by atoms with Gasteiger partial charge in [0.05, 0.1) is 20.3 Å². The van der Waals surface area contributed by atoms with Gasteiger partial charge in [-0.05, 0) is 61.7 Å². The summed E-state index contributed by atoms with van der Waals surface area (Å²) in [7, 11) is 3.12. The Labute approximate surface area is 189 Å². The molecule has 31 heavy (non-hydrogen) atoms. The van der Waals surface area contributed by atoms with Crippen LogP contribution in [0, 0.1) is 11.7 Å². The van der Waals surface area contributed by atoms with Gasteiger partial charge < -0.3 is 29.3 Å². The van der Waals surface area contributed by atoms with Gasteiger partial charge in [-0.25, -0.2) is 4.39 Å². The number of nitrogens with zero attached hydrogens (tertiary/aromatic N) is 1. The van der Waals surface area contributed by atoms with Crippen LogP contribution >= 0.6 is 12.4 Å². The lowest BCUT2D eigenvalue weighted by Gasteiger charge is -2.35. The number of para-hydroxylation sites is 1. The number of halogens is 2. The number of benzene rings is 2. The van der Waals surface area contributed by atoms with Crippen LogP contribution in [-0.4, -0.2) is 61.7 Å². The van der Waals surface area contributed by atoms with Crippen LogP contribution < -0.4 is 14.2 Å². The maximum atomic E-state index is 13.1. The molecule has 2 unspecified atom stereocenters. The molecule has 0 saturated carbocycles. The molecule has 0 aromatic heterocycles. The predicted octanol–water partition coefficient (Wildman–Crippen LogP) is 3.45. The highest BCUT2D eigenvalue weighted by atomic mass is 35.5. The van der Waals surface area contributed by atoms with Crippen molar-refractivity contribution in [1.29, 1.82) is 0 Å². The first-order valence-corrected chi connectivity index (χ1v) is 10.2. The second-order valence-electron chi connectivity index (χ2n) is 7.59. The number of β-amino-alcohol motifs (C(OH)–C–C–N with tert-alkyl or cyclic N) is 1. The van der Waals surface area contributed by atoms with E-state index in [0.717, 1.165) is 31.5 Å². The van der Waals surface area contributed by atoms with Crippen molar-refractivity contribution >= 4 is 12.4 Å². The van der Waals surface area contributed by atoms with Crippen LogP contribution in [0.25, 0.3) is 0 Å². The monoisotopic (exact) mass is 455 g/mol. The lowest BCUT2D eigenvalue weighted by atomic mass is 9.87. The standard InChI is InChI=1S/C23H30FNO5.ClH/c1-28-20-4-3-5-21(29-2)23(20)30-15-19(26)14-25-12-10-17(11-13-25)22(27)16-6-8-18(24)9-7-16;/h3-9,17,19,22,26-27H,10-15H2,1-2H3;1H. The SMILES string of the molecule is COc1cccc(OC)c1OCC(O)CN1CCC(C(O)c2ccc(F)cc2)CC1.Cl. The molecule has 1 saturated heterocycles. The molecule has 3 rings (SSSR count). The van der Waals surface area contributed by atoms with E-state index < -0.39 is 12.2 Å². The Bertz CT molecular complexity index is 777. The number of piperidine rings is 1. The fourth-order valence-electron chi connectivity index (χ4n) is 3.87. The quantitative estimate of drug-likeness (QED) is 0.603. The molecule has 0 aliphatic carbocycles. The molecular formula is C23H31ClFNO5. The topological polar surface area (TPSA) is 71.4 Å². The van der Waals surface area contributed by atoms with Crippen molar-refractivity contribution < 1.29 is 28.8 Å². The minimum Gasteiger partial charge on any atom is -0.493 e. The minimum atomic E-state index is -0.668. The number of hydrogen-bond acceptors (Lipinski definition) is 6. The highest BCUT2D eigenvalue weighted by molar-refractivity contribution is 5.85. The summed E-state index contributed by atoms with van der Waals surface area (Å²) < 4.78 is 29.5. The van der Waals surface area contributed by atoms with Crippen molar-refractivity contribution in [2.45, 2.75) is 25.0 Å². The maximum absolute atomic E-state index is 13.1. The first kappa shape index (κ1) is 25.2. The molecule has 0 amide bonds. The van der Waals surface area contributed by atoms with Gasteiger partial charge in [0.2, 0.25) is 5.75 Å². The van der Waals surface area contributed by atoms with Crippen molar-refractivity contribution in [2.75, 3.05) is 40.5 Å². The predicted molar refractivity (Wildman–Crippen MR) is 119 cm³/mol. The van der Waals surface area contributed by atoms with Crippen molar-refractivity contribution in [3.63, 3.8) is 0 Å². The van der Waals surface area contributed by atoms with Gasteiger partial charge in [-0.15, -0.1) is 12.4 Å². The summed E-state index contributed by atoms with van der Waals surface area (Å²) in [4.78, 5) is 2.17. The Morgan fingerprint density at radius 2 is 1.58 bits per heavy atom. The van der Waals surface area contributed by atoms with E-state index in [1.807, 2.05) is 6.07 Å². The number of methoxy groups -OCH3 is 2. The van der Waals surface area contributed by atoms with Crippen molar-refractivity contribution in [1.82, 2.24) is 4.90 Å². The van der Waals surface area contributed by atoms with Crippen molar-refractivity contribution in [3.8, 4) is 17.2 Å². The van der Waals surface area contributed by atoms with Crippen molar-refractivity contribution in [3.05, 3.63) is 53.8 Å². The number of rotatable bonds is 9. The van der Waals surface area contributed by atoms with Crippen LogP contribution in [-0.2, 0) is 0 Å². The summed E-state index contributed by atoms with van der Waals surface area (Å²) in [5.41, 5.74) is 0.744. The zero-order valence-electron chi connectivity index (χ0n) is 17.9. The van der Waals surface area contributed by atoms with Gasteiger partial charge in [-0.3, -0.25) is 0 Å². The maximum Gasteiger partial charge on any atom is 0.203 e. The number of aliphatic hydroxyl groups excluding tert-OH is 2. The Morgan fingerprint density at radius 3 is 2.13 bits per heavy atom. The molecular weight excluding hydrogens is 425 g/mol. The van der Waals surface area contributed by atoms with E-state index in [1.165, 1.54) is 12.1 Å². The smallest absolute Gasteiger partial charge is 0.203 e. The van der Waals surface area contributed by atoms with E-state index in [1.54, 1.807) is 38.5 Å². The summed E-state index contributed by atoms with van der Waals surface area (Å²) in [5.74, 6) is 1.40. The molecule has 6 nitrogen and oxygen atoms in total. The molecule has 8 heteroatoms. The van der Waals surface area contributed by atoms with Crippen molar-refractivity contribution in [2.24, 2.45) is 5.92 Å². The Hall–Kier alpha value is -2.06. The lowest BCUT2D eigenvalue weighted by molar-refractivity contribution is 0.0272. The Morgan fingerprint density at radius 1 is 1.00 bits per heavy atom. The molecule has 172 valence electrons. The molecule has 2 aromatic rings. The van der Waals surface area contributed by atoms with E-state index in [-0.39, 0.29) is 30.7 Å². The van der Waals surface area contributed by atoms with Crippen LogP contribution in [0.2, 0.25) is 0 Å². The zero-order chi connectivity index (χ0) is 21.5. The second-order valence-corrected chi connectivity index (χ2v) is 7.59. The third-order valence-corrected chi connectivity index (χ3v) is 5.56. The third-order valence-electron chi connectivity index (χ3n) is 5.56. The molecule has 1 aliphatic heterocycles. The van der Waals surface area contributed by atoms with Gasteiger partial charge in [-0.2, -0.15) is 0 Å². The average molecular weight is 456 g/mol. The highest BCUT2D eigenvalue weighted by Gasteiger charge is 2.27. The van der Waals surface area contributed by atoms with Gasteiger partial charge in [0, 0.05) is 6.54 Å². The summed E-state index contributed by atoms with van der Waals surface area (Å²) in [6.45, 7) is 2.15. The fourth-order valence-corrected chi connectivity index (χ4v) is 3.87. The average Bonchev–Trinajstić information content (AvgIpc) is 2.78. The van der Waals surface area contributed by atoms with E-state index in [2.05, 4.69) is 4.90 Å². The van der Waals surface area contributed by atoms with Crippen LogP contribution in [0.1, 0.15) is 24.5 Å². The third kappa shape index (κ3) is 6.71. The van der Waals surface area contributed by atoms with E-state index >= 15 is 0 Å². The summed E-state index contributed by atoms with van der Waals surface area (Å²) >= 11 is 0. The first-order valence-electron chi connectivity index (χ1n) is 10.2. The molecule has 1 aliphatic rings. The summed E-state index contributed by atoms with van der Waals surface area (Å²) in [5, 5.41) is 21.0. The summed E-state index contributed by atoms with van der Waals surface area (Å²) in [6.07, 6.45) is 0.357. The molecule has 0 spiro atoms. The van der Waals surface area contributed by atoms with Gasteiger partial charge in [0.25, 0.3) is 0 Å². The minimum absolute atomic E-state index is 0. The van der Waals surface area contributed by atoms with Gasteiger partial charge >= 0.3 is 0 Å². The largest absolute Gasteiger partial charge is 0.493 e. The van der Waals surface area contributed by atoms with Gasteiger partial charge in [-0.1, -0.05) is 18.2 Å². The number of ether oxygens (including phenoxy) is 3. The van der Waals surface area contributed by atoms with Crippen LogP contribution in [0.4, 0.5) is 4.39 Å². The number of likely N-dealkylation sites (tertiary alicyclic amines) is 1. The molecule has 1 heterocycles. The second kappa shape index (κ2) is 12.1. The number of hydrogen-bond donors (Lipinski definition) is 2. The molecule has 0 radical (unpaired) electrons. The van der Waals surface area contributed by atoms with E-state index in [4.69, 9.17) is 14.2 Å². The van der Waals surface area contributed by atoms with Gasteiger partial charge in [0.1, 0.15) is 18.5 Å². The van der Waals surface area contributed by atoms with Gasteiger partial charge in [0.15, 0.2) is 11.5 Å². The lowest BCUT2D eigenvalue weighted by Crippen LogP contribution is -2.41. The van der Waals surface area contributed by atoms with E-state index in [0.29, 0.717) is 23.8 Å². The first-order chi connectivity index (χ1) is 14.5. The Balaban J connectivity index is 0.00000341.